The molecule has 1 aromatic rings. The van der Waals surface area contributed by atoms with Gasteiger partial charge < -0.3 is 10.1 Å². The molecule has 0 saturated carbocycles. The second-order valence-electron chi connectivity index (χ2n) is 5.35. The van der Waals surface area contributed by atoms with Gasteiger partial charge in [-0.2, -0.15) is 4.31 Å². The van der Waals surface area contributed by atoms with Gasteiger partial charge in [0.2, 0.25) is 0 Å². The number of aliphatic carboxylic acids is 1. The van der Waals surface area contributed by atoms with Crippen molar-refractivity contribution in [2.45, 2.75) is 37.3 Å². The highest BCUT2D eigenvalue weighted by Crippen LogP contribution is 2.38. The summed E-state index contributed by atoms with van der Waals surface area (Å²) in [5, 5.41) is 9.43. The quantitative estimate of drug-likeness (QED) is 0.835. The van der Waals surface area contributed by atoms with Gasteiger partial charge >= 0.3 is 10.8 Å². The number of hydrogen-bond acceptors (Lipinski definition) is 5. The number of nitrogens with one attached hydrogen (secondary N) is 1. The molecule has 7 nitrogen and oxygen atoms in total. The minimum Gasteiger partial charge on any atom is -0.481 e. The van der Waals surface area contributed by atoms with E-state index in [4.69, 9.17) is 0 Å². The smallest absolute Gasteiger partial charge is 0.311 e. The van der Waals surface area contributed by atoms with Crippen molar-refractivity contribution in [3.05, 3.63) is 15.4 Å². The molecule has 0 radical (unpaired) electrons. The Morgan fingerprint density at radius 3 is 2.67 bits per heavy atom. The van der Waals surface area contributed by atoms with Gasteiger partial charge in [0.1, 0.15) is 0 Å². The third kappa shape index (κ3) is 2.77. The van der Waals surface area contributed by atoms with Crippen LogP contribution in [-0.2, 0) is 14.8 Å². The van der Waals surface area contributed by atoms with Gasteiger partial charge in [-0.1, -0.05) is 24.7 Å². The first-order valence-corrected chi connectivity index (χ1v) is 8.92. The molecule has 9 heteroatoms. The van der Waals surface area contributed by atoms with E-state index in [2.05, 4.69) is 4.98 Å². The molecular formula is C12H18N2O5S2. The maximum atomic E-state index is 12.6. The lowest BCUT2D eigenvalue weighted by atomic mass is 9.83. The van der Waals surface area contributed by atoms with Crippen LogP contribution >= 0.6 is 11.3 Å². The minimum atomic E-state index is -3.81. The lowest BCUT2D eigenvalue weighted by molar-refractivity contribution is -0.148. The highest BCUT2D eigenvalue weighted by Gasteiger charge is 2.48. The highest BCUT2D eigenvalue weighted by molar-refractivity contribution is 7.91. The number of aromatic amines is 1. The second-order valence-corrected chi connectivity index (χ2v) is 8.47. The van der Waals surface area contributed by atoms with Crippen molar-refractivity contribution < 1.29 is 18.3 Å². The molecule has 1 aromatic heterocycles. The number of H-pyrrole nitrogens is 1. The number of hydrogen-bond donors (Lipinski definition) is 2. The van der Waals surface area contributed by atoms with Crippen molar-refractivity contribution >= 4 is 27.3 Å². The van der Waals surface area contributed by atoms with Crippen LogP contribution in [0.15, 0.2) is 9.00 Å². The minimum absolute atomic E-state index is 0.0230. The van der Waals surface area contributed by atoms with E-state index in [-0.39, 0.29) is 17.3 Å². The summed E-state index contributed by atoms with van der Waals surface area (Å²) >= 11 is 0.642. The zero-order valence-electron chi connectivity index (χ0n) is 11.9. The first-order chi connectivity index (χ1) is 9.73. The van der Waals surface area contributed by atoms with E-state index in [0.29, 0.717) is 36.3 Å². The van der Waals surface area contributed by atoms with Crippen LogP contribution in [0.2, 0.25) is 0 Å². The van der Waals surface area contributed by atoms with Crippen molar-refractivity contribution in [2.24, 2.45) is 5.41 Å². The molecule has 2 N–H and O–H groups in total. The van der Waals surface area contributed by atoms with Crippen molar-refractivity contribution in [3.8, 4) is 0 Å². The monoisotopic (exact) mass is 334 g/mol. The zero-order valence-corrected chi connectivity index (χ0v) is 13.5. The number of carboxylic acids is 1. The lowest BCUT2D eigenvalue weighted by Gasteiger charge is -2.23. The number of sulfonamides is 1. The molecule has 0 aromatic carbocycles. The van der Waals surface area contributed by atoms with Crippen molar-refractivity contribution in [1.82, 2.24) is 9.29 Å². The topological polar surface area (TPSA) is 108 Å². The Kier molecular flexibility index (Phi) is 4.27. The molecule has 1 saturated heterocycles. The van der Waals surface area contributed by atoms with Gasteiger partial charge in [-0.05, 0) is 19.8 Å². The van der Waals surface area contributed by atoms with Crippen LogP contribution in [0.25, 0.3) is 0 Å². The number of nitrogens with zero attached hydrogens (tertiary/aromatic N) is 1. The Balaban J connectivity index is 2.34. The van der Waals surface area contributed by atoms with Gasteiger partial charge in [-0.15, -0.1) is 0 Å². The van der Waals surface area contributed by atoms with Gasteiger partial charge in [-0.3, -0.25) is 9.59 Å². The molecule has 1 atom stereocenters. The fourth-order valence-corrected chi connectivity index (χ4v) is 5.72. The average Bonchev–Trinajstić information content (AvgIpc) is 2.95. The van der Waals surface area contributed by atoms with Crippen LogP contribution in [-0.4, -0.2) is 41.9 Å². The van der Waals surface area contributed by atoms with E-state index in [1.54, 1.807) is 0 Å². The number of rotatable bonds is 5. The molecule has 2 heterocycles. The van der Waals surface area contributed by atoms with Crippen molar-refractivity contribution in [3.63, 3.8) is 0 Å². The van der Waals surface area contributed by atoms with E-state index in [1.165, 1.54) is 11.2 Å². The third-order valence-corrected chi connectivity index (χ3v) is 7.28. The van der Waals surface area contributed by atoms with Crippen LogP contribution in [0.3, 0.4) is 0 Å². The van der Waals surface area contributed by atoms with Crippen LogP contribution in [0, 0.1) is 12.3 Å². The van der Waals surface area contributed by atoms with Crippen LogP contribution in [0.5, 0.6) is 0 Å². The van der Waals surface area contributed by atoms with Crippen LogP contribution in [0.1, 0.15) is 31.9 Å². The van der Waals surface area contributed by atoms with Crippen LogP contribution < -0.4 is 4.87 Å². The molecule has 1 aliphatic rings. The van der Waals surface area contributed by atoms with E-state index in [1.807, 2.05) is 6.92 Å². The zero-order chi connectivity index (χ0) is 15.8. The Labute approximate surface area is 126 Å². The molecule has 1 fully saturated rings. The SMILES string of the molecule is CCCC1(C(=O)O)CCN(S(=O)(=O)c2sc(=O)[nH]c2C)C1. The molecule has 21 heavy (non-hydrogen) atoms. The average molecular weight is 334 g/mol. The summed E-state index contributed by atoms with van der Waals surface area (Å²) in [7, 11) is -3.81. The Hall–Kier alpha value is -1.19. The van der Waals surface area contributed by atoms with Gasteiger partial charge in [-0.25, -0.2) is 8.42 Å². The number of aryl methyl sites for hydroxylation is 1. The van der Waals surface area contributed by atoms with Crippen LogP contribution in [0.4, 0.5) is 0 Å². The summed E-state index contributed by atoms with van der Waals surface area (Å²) in [6.45, 7) is 3.53. The molecule has 1 aliphatic heterocycles. The number of carboxylic acid groups (broad SMARTS) is 1. The van der Waals surface area contributed by atoms with Gasteiger partial charge in [0.25, 0.3) is 10.0 Å². The van der Waals surface area contributed by atoms with E-state index in [9.17, 15) is 23.1 Å². The predicted molar refractivity (Wildman–Crippen MR) is 78.0 cm³/mol. The normalized spacial score (nSPS) is 23.5. The summed E-state index contributed by atoms with van der Waals surface area (Å²) in [5.74, 6) is -0.957. The largest absolute Gasteiger partial charge is 0.481 e. The summed E-state index contributed by atoms with van der Waals surface area (Å²) in [5.41, 5.74) is -0.718. The molecule has 0 spiro atoms. The molecular weight excluding hydrogens is 316 g/mol. The molecule has 0 aliphatic carbocycles. The molecule has 1 unspecified atom stereocenters. The number of carbonyl (C=O) groups is 1. The van der Waals surface area contributed by atoms with Gasteiger partial charge in [0, 0.05) is 18.8 Å². The summed E-state index contributed by atoms with van der Waals surface area (Å²) in [6, 6.07) is 0. The molecule has 118 valence electrons. The summed E-state index contributed by atoms with van der Waals surface area (Å²) < 4.78 is 26.3. The number of aromatic nitrogens is 1. The predicted octanol–water partition coefficient (Wildman–Crippen LogP) is 1.01. The first-order valence-electron chi connectivity index (χ1n) is 6.66. The van der Waals surface area contributed by atoms with E-state index >= 15 is 0 Å². The van der Waals surface area contributed by atoms with Crippen molar-refractivity contribution in [1.29, 1.82) is 0 Å². The van der Waals surface area contributed by atoms with Gasteiger partial charge in [0.15, 0.2) is 4.21 Å². The highest BCUT2D eigenvalue weighted by atomic mass is 32.2. The Morgan fingerprint density at radius 2 is 2.19 bits per heavy atom. The van der Waals surface area contributed by atoms with Gasteiger partial charge in [0.05, 0.1) is 5.41 Å². The third-order valence-electron chi connectivity index (χ3n) is 3.86. The second kappa shape index (κ2) is 5.54. The fraction of sp³-hybridized carbons (Fsp3) is 0.667. The Morgan fingerprint density at radius 1 is 1.52 bits per heavy atom. The maximum absolute atomic E-state index is 12.6. The van der Waals surface area contributed by atoms with Crippen molar-refractivity contribution in [2.75, 3.05) is 13.1 Å². The number of thiazole rings is 1. The first kappa shape index (κ1) is 16.2. The lowest BCUT2D eigenvalue weighted by Crippen LogP contribution is -2.36. The fourth-order valence-electron chi connectivity index (χ4n) is 2.76. The van der Waals surface area contributed by atoms with E-state index in [0.717, 1.165) is 0 Å². The standard InChI is InChI=1S/C12H18N2O5S2/c1-3-4-12(10(15)16)5-6-14(7-12)21(18,19)9-8(2)13-11(17)20-9/h3-7H2,1-2H3,(H,13,17)(H,15,16). The Bertz CT molecular complexity index is 705. The maximum Gasteiger partial charge on any atom is 0.311 e. The summed E-state index contributed by atoms with van der Waals surface area (Å²) in [4.78, 5) is 24.8. The van der Waals surface area contributed by atoms with E-state index < -0.39 is 26.3 Å². The molecule has 0 amide bonds. The molecule has 0 bridgehead atoms. The molecule has 2 rings (SSSR count). The summed E-state index contributed by atoms with van der Waals surface area (Å²) in [6.07, 6.45) is 1.42.